The standard InChI is InChI=1S/C14H11ClFNO4/c1-7(14(20)21-2)5-6-17-11-9(16)4-3-8(15)10(11)12(18)13(17)19/h3-5H,6H2,1-2H3. The zero-order valence-corrected chi connectivity index (χ0v) is 12.0. The van der Waals surface area contributed by atoms with Crippen molar-refractivity contribution < 1.29 is 23.5 Å². The summed E-state index contributed by atoms with van der Waals surface area (Å²) in [6.45, 7) is 1.36. The van der Waals surface area contributed by atoms with Gasteiger partial charge in [0.25, 0.3) is 11.7 Å². The molecule has 2 rings (SSSR count). The highest BCUT2D eigenvalue weighted by Crippen LogP contribution is 2.36. The fourth-order valence-corrected chi connectivity index (χ4v) is 2.24. The number of esters is 1. The molecule has 0 aromatic heterocycles. The van der Waals surface area contributed by atoms with Gasteiger partial charge in [-0.1, -0.05) is 17.7 Å². The largest absolute Gasteiger partial charge is 0.466 e. The van der Waals surface area contributed by atoms with E-state index < -0.39 is 23.5 Å². The van der Waals surface area contributed by atoms with Gasteiger partial charge in [-0.05, 0) is 19.1 Å². The average molecular weight is 312 g/mol. The lowest BCUT2D eigenvalue weighted by Crippen LogP contribution is -2.30. The Morgan fingerprint density at radius 3 is 2.71 bits per heavy atom. The van der Waals surface area contributed by atoms with Gasteiger partial charge in [0.2, 0.25) is 0 Å². The second-order valence-corrected chi connectivity index (χ2v) is 4.78. The summed E-state index contributed by atoms with van der Waals surface area (Å²) in [4.78, 5) is 36.0. The third-order valence-electron chi connectivity index (χ3n) is 3.10. The molecule has 1 aromatic carbocycles. The molecule has 21 heavy (non-hydrogen) atoms. The van der Waals surface area contributed by atoms with E-state index in [9.17, 15) is 18.8 Å². The first kappa shape index (κ1) is 15.2. The number of anilines is 1. The summed E-state index contributed by atoms with van der Waals surface area (Å²) in [6.07, 6.45) is 1.38. The van der Waals surface area contributed by atoms with Gasteiger partial charge in [0.1, 0.15) is 5.82 Å². The highest BCUT2D eigenvalue weighted by Gasteiger charge is 2.39. The summed E-state index contributed by atoms with van der Waals surface area (Å²) in [7, 11) is 1.22. The van der Waals surface area contributed by atoms with Crippen LogP contribution in [0.1, 0.15) is 17.3 Å². The molecule has 0 saturated carbocycles. The molecule has 0 fully saturated rings. The third-order valence-corrected chi connectivity index (χ3v) is 3.42. The van der Waals surface area contributed by atoms with Crippen molar-refractivity contribution in [2.75, 3.05) is 18.6 Å². The predicted octanol–water partition coefficient (Wildman–Crippen LogP) is 2.13. The molecule has 1 aromatic rings. The number of ether oxygens (including phenoxy) is 1. The Kier molecular flexibility index (Phi) is 4.09. The maximum atomic E-state index is 13.9. The van der Waals surface area contributed by atoms with Crippen LogP contribution in [0.3, 0.4) is 0 Å². The molecule has 1 aliphatic heterocycles. The van der Waals surface area contributed by atoms with E-state index in [2.05, 4.69) is 4.74 Å². The number of carbonyl (C=O) groups is 3. The molecule has 0 spiro atoms. The van der Waals surface area contributed by atoms with E-state index in [0.29, 0.717) is 0 Å². The van der Waals surface area contributed by atoms with Gasteiger partial charge in [-0.15, -0.1) is 0 Å². The van der Waals surface area contributed by atoms with Crippen molar-refractivity contribution >= 4 is 34.9 Å². The summed E-state index contributed by atoms with van der Waals surface area (Å²) in [5.41, 5.74) is -0.0640. The molecule has 1 amide bonds. The number of carbonyl (C=O) groups excluding carboxylic acids is 3. The van der Waals surface area contributed by atoms with Crippen LogP contribution in [0, 0.1) is 5.82 Å². The number of nitrogens with zero attached hydrogens (tertiary/aromatic N) is 1. The molecule has 0 atom stereocenters. The maximum absolute atomic E-state index is 13.9. The number of hydrogen-bond acceptors (Lipinski definition) is 4. The van der Waals surface area contributed by atoms with E-state index in [1.165, 1.54) is 26.2 Å². The topological polar surface area (TPSA) is 63.7 Å². The Bertz CT molecular complexity index is 684. The van der Waals surface area contributed by atoms with Crippen molar-refractivity contribution in [1.29, 1.82) is 0 Å². The SMILES string of the molecule is COC(=O)C(C)=CCN1C(=O)C(=O)c2c(Cl)ccc(F)c21. The molecule has 0 N–H and O–H groups in total. The monoisotopic (exact) mass is 311 g/mol. The molecular formula is C14H11ClFNO4. The number of methoxy groups -OCH3 is 1. The van der Waals surface area contributed by atoms with Gasteiger partial charge in [-0.3, -0.25) is 14.5 Å². The Balaban J connectivity index is 2.40. The van der Waals surface area contributed by atoms with Crippen molar-refractivity contribution in [2.45, 2.75) is 6.92 Å². The highest BCUT2D eigenvalue weighted by atomic mass is 35.5. The Hall–Kier alpha value is -2.21. The van der Waals surface area contributed by atoms with Crippen molar-refractivity contribution in [2.24, 2.45) is 0 Å². The summed E-state index contributed by atoms with van der Waals surface area (Å²) < 4.78 is 18.4. The number of halogens is 2. The first-order chi connectivity index (χ1) is 9.88. The van der Waals surface area contributed by atoms with Crippen LogP contribution in [0.5, 0.6) is 0 Å². The molecule has 1 aliphatic rings. The summed E-state index contributed by atoms with van der Waals surface area (Å²) in [6, 6.07) is 2.30. The van der Waals surface area contributed by atoms with Gasteiger partial charge in [0.05, 0.1) is 23.4 Å². The van der Waals surface area contributed by atoms with Gasteiger partial charge >= 0.3 is 5.97 Å². The van der Waals surface area contributed by atoms with Crippen LogP contribution < -0.4 is 4.90 Å². The number of Topliss-reactive ketones (excluding diaryl/α,β-unsaturated/α-hetero) is 1. The molecule has 0 saturated heterocycles. The maximum Gasteiger partial charge on any atom is 0.333 e. The molecule has 0 aliphatic carbocycles. The molecule has 110 valence electrons. The van der Waals surface area contributed by atoms with Gasteiger partial charge in [0, 0.05) is 12.1 Å². The summed E-state index contributed by atoms with van der Waals surface area (Å²) in [5.74, 6) is -3.04. The number of amides is 1. The van der Waals surface area contributed by atoms with Crippen LogP contribution in [0.25, 0.3) is 0 Å². The molecule has 0 bridgehead atoms. The van der Waals surface area contributed by atoms with E-state index in [-0.39, 0.29) is 28.4 Å². The average Bonchev–Trinajstić information content (AvgIpc) is 2.73. The molecule has 0 unspecified atom stereocenters. The van der Waals surface area contributed by atoms with Gasteiger partial charge in [-0.25, -0.2) is 9.18 Å². The van der Waals surface area contributed by atoms with E-state index >= 15 is 0 Å². The molecular weight excluding hydrogens is 301 g/mol. The number of ketones is 1. The van der Waals surface area contributed by atoms with E-state index in [1.54, 1.807) is 0 Å². The van der Waals surface area contributed by atoms with E-state index in [1.807, 2.05) is 0 Å². The normalized spacial score (nSPS) is 14.5. The van der Waals surface area contributed by atoms with Crippen LogP contribution in [0.4, 0.5) is 10.1 Å². The van der Waals surface area contributed by atoms with Crippen LogP contribution >= 0.6 is 11.6 Å². The van der Waals surface area contributed by atoms with Crippen LogP contribution in [0.15, 0.2) is 23.8 Å². The quantitative estimate of drug-likeness (QED) is 0.487. The fourth-order valence-electron chi connectivity index (χ4n) is 2.00. The smallest absolute Gasteiger partial charge is 0.333 e. The van der Waals surface area contributed by atoms with Crippen LogP contribution in [0.2, 0.25) is 5.02 Å². The second-order valence-electron chi connectivity index (χ2n) is 4.38. The molecule has 1 heterocycles. The van der Waals surface area contributed by atoms with Gasteiger partial charge in [-0.2, -0.15) is 0 Å². The summed E-state index contributed by atoms with van der Waals surface area (Å²) >= 11 is 5.85. The van der Waals surface area contributed by atoms with Crippen molar-refractivity contribution in [3.63, 3.8) is 0 Å². The van der Waals surface area contributed by atoms with Crippen LogP contribution in [-0.2, 0) is 14.3 Å². The predicted molar refractivity (Wildman–Crippen MR) is 73.9 cm³/mol. The first-order valence-electron chi connectivity index (χ1n) is 5.97. The molecule has 7 heteroatoms. The lowest BCUT2D eigenvalue weighted by molar-refractivity contribution is -0.136. The molecule has 5 nitrogen and oxygen atoms in total. The Morgan fingerprint density at radius 2 is 2.10 bits per heavy atom. The second kappa shape index (κ2) is 5.65. The van der Waals surface area contributed by atoms with Crippen LogP contribution in [-0.4, -0.2) is 31.3 Å². The van der Waals surface area contributed by atoms with Crippen molar-refractivity contribution in [1.82, 2.24) is 0 Å². The lowest BCUT2D eigenvalue weighted by atomic mass is 10.1. The number of fused-ring (bicyclic) bond motifs is 1. The highest BCUT2D eigenvalue weighted by molar-refractivity contribution is 6.55. The minimum atomic E-state index is -0.883. The zero-order chi connectivity index (χ0) is 15.7. The van der Waals surface area contributed by atoms with Gasteiger partial charge < -0.3 is 4.74 Å². The zero-order valence-electron chi connectivity index (χ0n) is 11.3. The fraction of sp³-hybridized carbons (Fsp3) is 0.214. The summed E-state index contributed by atoms with van der Waals surface area (Å²) in [5, 5.41) is 0.0147. The van der Waals surface area contributed by atoms with Crippen molar-refractivity contribution in [3.8, 4) is 0 Å². The Labute approximate surface area is 124 Å². The van der Waals surface area contributed by atoms with Crippen molar-refractivity contribution in [3.05, 3.63) is 40.2 Å². The minimum absolute atomic E-state index is 0.0147. The number of rotatable bonds is 3. The van der Waals surface area contributed by atoms with Gasteiger partial charge in [0.15, 0.2) is 0 Å². The molecule has 0 radical (unpaired) electrons. The third kappa shape index (κ3) is 2.54. The lowest BCUT2D eigenvalue weighted by Gasteiger charge is -2.15. The van der Waals surface area contributed by atoms with E-state index in [0.717, 1.165) is 11.0 Å². The van der Waals surface area contributed by atoms with E-state index in [4.69, 9.17) is 11.6 Å². The minimum Gasteiger partial charge on any atom is -0.466 e. The number of hydrogen-bond donors (Lipinski definition) is 0. The first-order valence-corrected chi connectivity index (χ1v) is 6.35. The number of benzene rings is 1. The Morgan fingerprint density at radius 1 is 1.43 bits per heavy atom.